The lowest BCUT2D eigenvalue weighted by molar-refractivity contribution is 0.184. The number of carbonyl (C=O) groups is 1. The lowest BCUT2D eigenvalue weighted by Crippen LogP contribution is -2.51. The molecule has 2 aromatic carbocycles. The van der Waals surface area contributed by atoms with Crippen LogP contribution in [0.4, 0.5) is 10.5 Å². The molecule has 144 valence electrons. The van der Waals surface area contributed by atoms with Crippen LogP contribution in [0.3, 0.4) is 0 Å². The Hall–Kier alpha value is -2.58. The molecule has 0 spiro atoms. The molecular weight excluding hydrogens is 366 g/mol. The number of anilines is 1. The van der Waals surface area contributed by atoms with Gasteiger partial charge < -0.3 is 15.0 Å². The van der Waals surface area contributed by atoms with Crippen molar-refractivity contribution in [3.05, 3.63) is 60.2 Å². The number of nitrogens with zero attached hydrogens (tertiary/aromatic N) is 2. The first kappa shape index (κ1) is 19.2. The molecule has 2 aromatic rings. The Morgan fingerprint density at radius 2 is 1.63 bits per heavy atom. The molecule has 1 fully saturated rings. The van der Waals surface area contributed by atoms with Gasteiger partial charge in [-0.3, -0.25) is 0 Å². The minimum Gasteiger partial charge on any atom is -0.495 e. The average molecular weight is 389 g/mol. The molecule has 1 saturated heterocycles. The molecule has 0 saturated carbocycles. The zero-order valence-electron chi connectivity index (χ0n) is 15.2. The van der Waals surface area contributed by atoms with Gasteiger partial charge in [-0.05, 0) is 17.7 Å². The molecule has 0 unspecified atom stereocenters. The van der Waals surface area contributed by atoms with Crippen LogP contribution in [-0.4, -0.2) is 56.9 Å². The number of sulfonamides is 1. The van der Waals surface area contributed by atoms with Gasteiger partial charge in [-0.15, -0.1) is 0 Å². The molecule has 0 aliphatic carbocycles. The van der Waals surface area contributed by atoms with E-state index in [0.717, 1.165) is 5.56 Å². The number of piperazine rings is 1. The highest BCUT2D eigenvalue weighted by atomic mass is 32.2. The Kier molecular flexibility index (Phi) is 5.98. The van der Waals surface area contributed by atoms with Gasteiger partial charge in [0.1, 0.15) is 5.75 Å². The maximum atomic E-state index is 12.6. The zero-order valence-corrected chi connectivity index (χ0v) is 16.0. The van der Waals surface area contributed by atoms with Gasteiger partial charge in [-0.1, -0.05) is 42.5 Å². The molecule has 0 bridgehead atoms. The van der Waals surface area contributed by atoms with Gasteiger partial charge in [0.15, 0.2) is 0 Å². The van der Waals surface area contributed by atoms with Gasteiger partial charge in [-0.25, -0.2) is 13.2 Å². The number of urea groups is 1. The van der Waals surface area contributed by atoms with E-state index in [1.807, 2.05) is 30.3 Å². The maximum Gasteiger partial charge on any atom is 0.322 e. The van der Waals surface area contributed by atoms with Crippen LogP contribution in [0.5, 0.6) is 5.75 Å². The lowest BCUT2D eigenvalue weighted by atomic mass is 10.2. The fourth-order valence-corrected chi connectivity index (χ4v) is 4.50. The van der Waals surface area contributed by atoms with E-state index in [2.05, 4.69) is 5.32 Å². The van der Waals surface area contributed by atoms with Crippen LogP contribution in [0.1, 0.15) is 5.56 Å². The number of ether oxygens (including phenoxy) is 1. The minimum atomic E-state index is -3.40. The second kappa shape index (κ2) is 8.41. The fraction of sp³-hybridized carbons (Fsp3) is 0.316. The molecular formula is C19H23N3O4S. The number of carbonyl (C=O) groups excluding carboxylic acids is 1. The van der Waals surface area contributed by atoms with Crippen LogP contribution in [0.2, 0.25) is 0 Å². The molecule has 1 aliphatic heterocycles. The second-order valence-electron chi connectivity index (χ2n) is 6.26. The molecule has 0 radical (unpaired) electrons. The highest BCUT2D eigenvalue weighted by Crippen LogP contribution is 2.23. The normalized spacial score (nSPS) is 15.4. The van der Waals surface area contributed by atoms with Crippen LogP contribution < -0.4 is 10.1 Å². The van der Waals surface area contributed by atoms with Crippen LogP contribution >= 0.6 is 0 Å². The Balaban J connectivity index is 1.57. The quantitative estimate of drug-likeness (QED) is 0.852. The van der Waals surface area contributed by atoms with E-state index in [-0.39, 0.29) is 24.9 Å². The lowest BCUT2D eigenvalue weighted by Gasteiger charge is -2.34. The van der Waals surface area contributed by atoms with Crippen LogP contribution in [-0.2, 0) is 15.8 Å². The first-order chi connectivity index (χ1) is 13.0. The van der Waals surface area contributed by atoms with Crippen molar-refractivity contribution in [1.82, 2.24) is 9.21 Å². The van der Waals surface area contributed by atoms with Gasteiger partial charge in [0.25, 0.3) is 0 Å². The van der Waals surface area contributed by atoms with Gasteiger partial charge in [-0.2, -0.15) is 4.31 Å². The SMILES string of the molecule is COc1ccccc1NC(=O)N1CCN(S(=O)(=O)Cc2ccccc2)CC1. The monoisotopic (exact) mass is 389 g/mol. The second-order valence-corrected chi connectivity index (χ2v) is 8.23. The molecule has 1 heterocycles. The number of hydrogen-bond donors (Lipinski definition) is 1. The Morgan fingerprint density at radius 1 is 1.00 bits per heavy atom. The summed E-state index contributed by atoms with van der Waals surface area (Å²) in [6, 6.07) is 16.0. The van der Waals surface area contributed by atoms with Gasteiger partial charge in [0.2, 0.25) is 10.0 Å². The summed E-state index contributed by atoms with van der Waals surface area (Å²) in [4.78, 5) is 14.1. The number of rotatable bonds is 5. The molecule has 27 heavy (non-hydrogen) atoms. The first-order valence-corrected chi connectivity index (χ1v) is 10.3. The largest absolute Gasteiger partial charge is 0.495 e. The highest BCUT2D eigenvalue weighted by Gasteiger charge is 2.29. The van der Waals surface area contributed by atoms with Gasteiger partial charge in [0, 0.05) is 26.2 Å². The van der Waals surface area contributed by atoms with Crippen molar-refractivity contribution in [2.45, 2.75) is 5.75 Å². The summed E-state index contributed by atoms with van der Waals surface area (Å²) < 4.78 is 31.9. The van der Waals surface area contributed by atoms with E-state index >= 15 is 0 Å². The third-order valence-corrected chi connectivity index (χ3v) is 6.31. The van der Waals surface area contributed by atoms with E-state index in [1.165, 1.54) is 4.31 Å². The Bertz CT molecular complexity index is 879. The molecule has 1 N–H and O–H groups in total. The Labute approximate surface area is 159 Å². The molecule has 3 rings (SSSR count). The van der Waals surface area contributed by atoms with E-state index < -0.39 is 10.0 Å². The number of nitrogens with one attached hydrogen (secondary N) is 1. The van der Waals surface area contributed by atoms with E-state index in [9.17, 15) is 13.2 Å². The summed E-state index contributed by atoms with van der Waals surface area (Å²) in [7, 11) is -1.86. The number of para-hydroxylation sites is 2. The van der Waals surface area contributed by atoms with Crippen LogP contribution in [0.15, 0.2) is 54.6 Å². The standard InChI is InChI=1S/C19H23N3O4S/c1-26-18-10-6-5-9-17(18)20-19(23)21-11-13-22(14-12-21)27(24,25)15-16-7-3-2-4-8-16/h2-10H,11-15H2,1H3,(H,20,23). The first-order valence-electron chi connectivity index (χ1n) is 8.70. The summed E-state index contributed by atoms with van der Waals surface area (Å²) in [5.41, 5.74) is 1.35. The van der Waals surface area contributed by atoms with E-state index in [1.54, 1.807) is 36.3 Å². The van der Waals surface area contributed by atoms with Crippen molar-refractivity contribution in [2.24, 2.45) is 0 Å². The van der Waals surface area contributed by atoms with Crippen molar-refractivity contribution < 1.29 is 17.9 Å². The molecule has 8 heteroatoms. The van der Waals surface area contributed by atoms with Crippen molar-refractivity contribution in [3.63, 3.8) is 0 Å². The summed E-state index contributed by atoms with van der Waals surface area (Å²) in [6.07, 6.45) is 0. The number of hydrogen-bond acceptors (Lipinski definition) is 4. The van der Waals surface area contributed by atoms with Crippen LogP contribution in [0.25, 0.3) is 0 Å². The predicted molar refractivity (Wildman–Crippen MR) is 104 cm³/mol. The number of amides is 2. The molecule has 2 amide bonds. The molecule has 7 nitrogen and oxygen atoms in total. The average Bonchev–Trinajstić information content (AvgIpc) is 2.69. The number of methoxy groups -OCH3 is 1. The van der Waals surface area contributed by atoms with Crippen molar-refractivity contribution in [2.75, 3.05) is 38.6 Å². The fourth-order valence-electron chi connectivity index (χ4n) is 2.99. The minimum absolute atomic E-state index is 0.0265. The van der Waals surface area contributed by atoms with Gasteiger partial charge >= 0.3 is 6.03 Å². The summed E-state index contributed by atoms with van der Waals surface area (Å²) in [6.45, 7) is 1.26. The molecule has 0 atom stereocenters. The Morgan fingerprint density at radius 3 is 2.30 bits per heavy atom. The van der Waals surface area contributed by atoms with E-state index in [0.29, 0.717) is 24.5 Å². The topological polar surface area (TPSA) is 79.0 Å². The zero-order chi connectivity index (χ0) is 19.3. The van der Waals surface area contributed by atoms with Crippen LogP contribution in [0, 0.1) is 0 Å². The van der Waals surface area contributed by atoms with E-state index in [4.69, 9.17) is 4.74 Å². The third kappa shape index (κ3) is 4.78. The maximum absolute atomic E-state index is 12.6. The summed E-state index contributed by atoms with van der Waals surface area (Å²) in [5.74, 6) is 0.552. The summed E-state index contributed by atoms with van der Waals surface area (Å²) in [5, 5.41) is 2.82. The summed E-state index contributed by atoms with van der Waals surface area (Å²) >= 11 is 0. The third-order valence-electron chi connectivity index (χ3n) is 4.46. The smallest absolute Gasteiger partial charge is 0.322 e. The predicted octanol–water partition coefficient (Wildman–Crippen LogP) is 2.37. The number of benzene rings is 2. The van der Waals surface area contributed by atoms with Crippen molar-refractivity contribution in [3.8, 4) is 5.75 Å². The van der Waals surface area contributed by atoms with Crippen molar-refractivity contribution in [1.29, 1.82) is 0 Å². The van der Waals surface area contributed by atoms with Gasteiger partial charge in [0.05, 0.1) is 18.6 Å². The molecule has 1 aliphatic rings. The highest BCUT2D eigenvalue weighted by molar-refractivity contribution is 7.88. The van der Waals surface area contributed by atoms with Crippen molar-refractivity contribution >= 4 is 21.7 Å². The molecule has 0 aromatic heterocycles.